The summed E-state index contributed by atoms with van der Waals surface area (Å²) in [4.78, 5) is 14.2. The van der Waals surface area contributed by atoms with E-state index in [0.29, 0.717) is 11.1 Å². The van der Waals surface area contributed by atoms with Crippen LogP contribution < -0.4 is 5.32 Å². The van der Waals surface area contributed by atoms with Crippen LogP contribution >= 0.6 is 0 Å². The molecule has 0 aliphatic carbocycles. The largest absolute Gasteiger partial charge is 0.447 e. The number of nitrogens with one attached hydrogen (secondary N) is 2. The predicted molar refractivity (Wildman–Crippen MR) is 82.5 cm³/mol. The molecule has 2 N–H and O–H groups in total. The molecule has 1 atom stereocenters. The molecule has 3 rings (SSSR count). The maximum Gasteiger partial charge on any atom is 0.407 e. The van der Waals surface area contributed by atoms with Gasteiger partial charge in [0.15, 0.2) is 0 Å². The number of fused-ring (bicyclic) bond motifs is 1. The number of ether oxygens (including phenoxy) is 1. The number of cyclic esters (lactones) is 1. The zero-order valence-electron chi connectivity index (χ0n) is 22.0. The van der Waals surface area contributed by atoms with E-state index < -0.39 is 45.6 Å². The minimum absolute atomic E-state index is 0.00625. The average molecular weight is 298 g/mol. The van der Waals surface area contributed by atoms with Gasteiger partial charge in [0.1, 0.15) is 6.56 Å². The molecule has 21 heavy (non-hydrogen) atoms. The molecule has 0 saturated carbocycles. The standard InChI is InChI=1S/C16H21N3O2/c1-19(2)6-5-12-9-17-15-4-3-11(8-14(12)15)7-13-10-21-16(20)18-13/h3-4,8-9,13,17H,5-7,10H2,1-2H3,(H,18,20)/t13-/m0/s1/i1D3,2D3,5D2,9D,10D2. The van der Waals surface area contributed by atoms with E-state index >= 15 is 0 Å². The summed E-state index contributed by atoms with van der Waals surface area (Å²) < 4.78 is 90.0. The molecule has 1 aromatic carbocycles. The van der Waals surface area contributed by atoms with Gasteiger partial charge < -0.3 is 19.9 Å². The van der Waals surface area contributed by atoms with Crippen molar-refractivity contribution in [2.45, 2.75) is 18.8 Å². The van der Waals surface area contributed by atoms with Gasteiger partial charge in [-0.1, -0.05) is 6.07 Å². The fourth-order valence-corrected chi connectivity index (χ4v) is 2.18. The Morgan fingerprint density at radius 2 is 2.52 bits per heavy atom. The molecule has 112 valence electrons. The fraction of sp³-hybridized carbons (Fsp3) is 0.438. The third-order valence-corrected chi connectivity index (χ3v) is 3.12. The maximum absolute atomic E-state index is 11.4. The van der Waals surface area contributed by atoms with E-state index in [-0.39, 0.29) is 28.4 Å². The molecule has 1 fully saturated rings. The highest BCUT2D eigenvalue weighted by atomic mass is 16.6. The lowest BCUT2D eigenvalue weighted by Gasteiger charge is -2.09. The van der Waals surface area contributed by atoms with Crippen molar-refractivity contribution in [3.05, 3.63) is 35.5 Å². The number of aromatic amines is 1. The van der Waals surface area contributed by atoms with Crippen molar-refractivity contribution < 1.29 is 24.6 Å². The van der Waals surface area contributed by atoms with Gasteiger partial charge in [0.05, 0.1) is 10.2 Å². The van der Waals surface area contributed by atoms with E-state index in [0.717, 1.165) is 0 Å². The fourth-order valence-electron chi connectivity index (χ4n) is 2.18. The van der Waals surface area contributed by atoms with Gasteiger partial charge in [-0.05, 0) is 50.0 Å². The van der Waals surface area contributed by atoms with Gasteiger partial charge >= 0.3 is 6.09 Å². The van der Waals surface area contributed by atoms with Crippen molar-refractivity contribution in [3.63, 3.8) is 0 Å². The van der Waals surface area contributed by atoms with E-state index in [9.17, 15) is 4.79 Å². The van der Waals surface area contributed by atoms with E-state index in [2.05, 4.69) is 15.0 Å². The maximum atomic E-state index is 11.4. The minimum atomic E-state index is -3.09. The number of H-pyrrole nitrogens is 1. The molecule has 5 heteroatoms. The first-order valence-corrected chi connectivity index (χ1v) is 6.31. The SMILES string of the molecule is [2H]c1[nH]c2ccc(C[C@@H]3NC(=O)OC3([2H])[2H])cc2c1C([2H])([2H])CN(C([2H])([2H])[2H])C([2H])([2H])[2H]. The molecule has 5 nitrogen and oxygen atoms in total. The number of hydrogen-bond donors (Lipinski definition) is 2. The Morgan fingerprint density at radius 3 is 3.29 bits per heavy atom. The van der Waals surface area contributed by atoms with Crippen molar-refractivity contribution in [1.29, 1.82) is 0 Å². The number of alkyl carbamates (subject to hydrolysis) is 1. The molecular weight excluding hydrogens is 266 g/mol. The molecule has 1 aromatic heterocycles. The number of hydrogen-bond acceptors (Lipinski definition) is 3. The van der Waals surface area contributed by atoms with E-state index in [4.69, 9.17) is 15.1 Å². The zero-order valence-corrected chi connectivity index (χ0v) is 11.0. The number of rotatable bonds is 5. The van der Waals surface area contributed by atoms with Crippen LogP contribution in [0.5, 0.6) is 0 Å². The third-order valence-electron chi connectivity index (χ3n) is 3.12. The van der Waals surface area contributed by atoms with Gasteiger partial charge in [0.2, 0.25) is 0 Å². The smallest absolute Gasteiger partial charge is 0.407 e. The zero-order chi connectivity index (χ0) is 24.3. The Balaban J connectivity index is 2.00. The first-order chi connectivity index (χ1) is 14.4. The van der Waals surface area contributed by atoms with Crippen LogP contribution in [0.2, 0.25) is 0 Å². The Hall–Kier alpha value is -2.01. The summed E-state index contributed by atoms with van der Waals surface area (Å²) in [5.41, 5.74) is 0.640. The van der Waals surface area contributed by atoms with Crippen LogP contribution in [0.15, 0.2) is 24.4 Å². The number of amides is 1. The normalized spacial score (nSPS) is 30.2. The Kier molecular flexibility index (Phi) is 1.65. The van der Waals surface area contributed by atoms with E-state index in [1.54, 1.807) is 12.1 Å². The van der Waals surface area contributed by atoms with Crippen LogP contribution in [-0.2, 0) is 17.5 Å². The number of likely N-dealkylation sites (N-methyl/N-ethyl adjacent to an activating group) is 1. The summed E-state index contributed by atoms with van der Waals surface area (Å²) in [7, 11) is 0. The quantitative estimate of drug-likeness (QED) is 0.887. The van der Waals surface area contributed by atoms with E-state index in [1.807, 2.05) is 0 Å². The summed E-state index contributed by atoms with van der Waals surface area (Å²) in [6, 6.07) is 3.65. The number of carbonyl (C=O) groups is 1. The molecular formula is C16H21N3O2. The first kappa shape index (κ1) is 6.01. The van der Waals surface area contributed by atoms with Gasteiger partial charge in [-0.25, -0.2) is 4.79 Å². The van der Waals surface area contributed by atoms with Gasteiger partial charge in [-0.3, -0.25) is 0 Å². The number of nitrogens with zero attached hydrogens (tertiary/aromatic N) is 1. The highest BCUT2D eigenvalue weighted by Gasteiger charge is 2.22. The monoisotopic (exact) mass is 298 g/mol. The van der Waals surface area contributed by atoms with Crippen molar-refractivity contribution in [2.75, 3.05) is 27.1 Å². The summed E-state index contributed by atoms with van der Waals surface area (Å²) in [5, 5.41) is 2.58. The third kappa shape index (κ3) is 3.19. The molecule has 0 radical (unpaired) electrons. The predicted octanol–water partition coefficient (Wildman–Crippen LogP) is 1.92. The second-order valence-corrected chi connectivity index (χ2v) is 4.68. The Bertz CT molecular complexity index is 1010. The summed E-state index contributed by atoms with van der Waals surface area (Å²) >= 11 is 0. The lowest BCUT2D eigenvalue weighted by Crippen LogP contribution is -2.28. The van der Waals surface area contributed by atoms with Crippen LogP contribution in [0.4, 0.5) is 4.79 Å². The second-order valence-electron chi connectivity index (χ2n) is 4.68. The van der Waals surface area contributed by atoms with Crippen LogP contribution in [-0.4, -0.2) is 49.1 Å². The molecule has 0 spiro atoms. The lowest BCUT2D eigenvalue weighted by atomic mass is 10.0. The average Bonchev–Trinajstić information content (AvgIpc) is 3.05. The first-order valence-electron chi connectivity index (χ1n) is 11.8. The van der Waals surface area contributed by atoms with Gasteiger partial charge in [-0.15, -0.1) is 0 Å². The Labute approximate surface area is 139 Å². The number of carbonyl (C=O) groups excluding carboxylic acids is 1. The van der Waals surface area contributed by atoms with Crippen LogP contribution in [0.3, 0.4) is 0 Å². The minimum Gasteiger partial charge on any atom is -0.447 e. The van der Waals surface area contributed by atoms with Gasteiger partial charge in [0.25, 0.3) is 0 Å². The molecule has 1 aliphatic rings. The summed E-state index contributed by atoms with van der Waals surface area (Å²) in [6.45, 7) is -9.45. The highest BCUT2D eigenvalue weighted by Crippen LogP contribution is 2.21. The van der Waals surface area contributed by atoms with Crippen LogP contribution in [0.1, 0.15) is 26.2 Å². The van der Waals surface area contributed by atoms with Gasteiger partial charge in [0, 0.05) is 34.6 Å². The topological polar surface area (TPSA) is 57.4 Å². The summed E-state index contributed by atoms with van der Waals surface area (Å²) in [5.74, 6) is 0. The van der Waals surface area contributed by atoms with Crippen molar-refractivity contribution in [1.82, 2.24) is 15.2 Å². The Morgan fingerprint density at radius 1 is 1.62 bits per heavy atom. The van der Waals surface area contributed by atoms with Crippen LogP contribution in [0, 0.1) is 0 Å². The molecule has 2 aromatic rings. The van der Waals surface area contributed by atoms with Crippen LogP contribution in [0.25, 0.3) is 10.9 Å². The van der Waals surface area contributed by atoms with E-state index in [1.165, 1.54) is 6.07 Å². The molecule has 2 heterocycles. The molecule has 1 amide bonds. The van der Waals surface area contributed by atoms with Crippen molar-refractivity contribution in [3.8, 4) is 0 Å². The number of aromatic nitrogens is 1. The highest BCUT2D eigenvalue weighted by molar-refractivity contribution is 5.84. The lowest BCUT2D eigenvalue weighted by molar-refractivity contribution is 0.177. The second kappa shape index (κ2) is 5.77. The number of benzene rings is 1. The molecule has 1 saturated heterocycles. The van der Waals surface area contributed by atoms with Crippen molar-refractivity contribution in [2.24, 2.45) is 0 Å². The van der Waals surface area contributed by atoms with Gasteiger partial charge in [-0.2, -0.15) is 0 Å². The van der Waals surface area contributed by atoms with Crippen molar-refractivity contribution >= 4 is 17.0 Å². The molecule has 1 aliphatic heterocycles. The molecule has 0 unspecified atom stereocenters. The molecule has 0 bridgehead atoms. The summed E-state index contributed by atoms with van der Waals surface area (Å²) in [6.07, 6.45) is -3.77.